The largest absolute Gasteiger partial charge is 0.328 e. The fraction of sp³-hybridized carbons (Fsp3) is 0.364. The van der Waals surface area contributed by atoms with Gasteiger partial charge in [-0.05, 0) is 31.9 Å². The minimum absolute atomic E-state index is 0.191. The van der Waals surface area contributed by atoms with E-state index >= 15 is 0 Å². The van der Waals surface area contributed by atoms with Crippen molar-refractivity contribution in [3.63, 3.8) is 0 Å². The number of imidazole rings is 1. The molecule has 2 aromatic rings. The Balaban J connectivity index is 2.54. The lowest BCUT2D eigenvalue weighted by atomic mass is 10.1. The van der Waals surface area contributed by atoms with Crippen LogP contribution >= 0.6 is 0 Å². The van der Waals surface area contributed by atoms with Gasteiger partial charge >= 0.3 is 0 Å². The summed E-state index contributed by atoms with van der Waals surface area (Å²) in [4.78, 5) is 4.29. The maximum Gasteiger partial charge on any atom is 0.110 e. The van der Waals surface area contributed by atoms with Crippen molar-refractivity contribution in [3.05, 3.63) is 35.9 Å². The third-order valence-corrected chi connectivity index (χ3v) is 2.39. The zero-order valence-electron chi connectivity index (χ0n) is 8.57. The van der Waals surface area contributed by atoms with Gasteiger partial charge < -0.3 is 10.1 Å². The molecule has 0 saturated carbocycles. The first-order valence-electron chi connectivity index (χ1n) is 4.85. The van der Waals surface area contributed by atoms with Gasteiger partial charge in [-0.2, -0.15) is 0 Å². The smallest absolute Gasteiger partial charge is 0.110 e. The molecule has 0 aromatic carbocycles. The number of pyridine rings is 1. The van der Waals surface area contributed by atoms with Crippen LogP contribution in [0.1, 0.15) is 18.3 Å². The minimum atomic E-state index is 0.191. The molecule has 0 amide bonds. The first kappa shape index (κ1) is 9.21. The lowest BCUT2D eigenvalue weighted by Gasteiger charge is -2.07. The van der Waals surface area contributed by atoms with Crippen LogP contribution in [0.2, 0.25) is 0 Å². The van der Waals surface area contributed by atoms with Crippen molar-refractivity contribution in [1.29, 1.82) is 0 Å². The summed E-state index contributed by atoms with van der Waals surface area (Å²) in [6.45, 7) is 4.02. The van der Waals surface area contributed by atoms with Crippen LogP contribution in [-0.2, 0) is 6.42 Å². The van der Waals surface area contributed by atoms with Crippen molar-refractivity contribution < 1.29 is 0 Å². The SMILES string of the molecule is Cc1ncc2c(CC(C)N)cccn12. The summed E-state index contributed by atoms with van der Waals surface area (Å²) in [5, 5.41) is 0. The van der Waals surface area contributed by atoms with E-state index in [9.17, 15) is 0 Å². The fourth-order valence-corrected chi connectivity index (χ4v) is 1.73. The van der Waals surface area contributed by atoms with E-state index in [4.69, 9.17) is 5.73 Å². The van der Waals surface area contributed by atoms with Crippen molar-refractivity contribution in [3.8, 4) is 0 Å². The molecule has 0 aliphatic heterocycles. The second kappa shape index (κ2) is 3.42. The van der Waals surface area contributed by atoms with Gasteiger partial charge in [-0.15, -0.1) is 0 Å². The van der Waals surface area contributed by atoms with Gasteiger partial charge in [-0.3, -0.25) is 0 Å². The average molecular weight is 189 g/mol. The number of nitrogens with zero attached hydrogens (tertiary/aromatic N) is 2. The Labute approximate surface area is 83.6 Å². The highest BCUT2D eigenvalue weighted by atomic mass is 15.0. The highest BCUT2D eigenvalue weighted by molar-refractivity contribution is 5.54. The Morgan fingerprint density at radius 1 is 1.57 bits per heavy atom. The quantitative estimate of drug-likeness (QED) is 0.778. The van der Waals surface area contributed by atoms with E-state index in [0.717, 1.165) is 12.2 Å². The van der Waals surface area contributed by atoms with Crippen LogP contribution in [0, 0.1) is 6.92 Å². The zero-order valence-corrected chi connectivity index (χ0v) is 8.57. The maximum atomic E-state index is 5.79. The second-order valence-electron chi connectivity index (χ2n) is 3.78. The molecule has 1 unspecified atom stereocenters. The Hall–Kier alpha value is -1.35. The lowest BCUT2D eigenvalue weighted by Crippen LogP contribution is -2.18. The molecule has 3 heteroatoms. The third-order valence-electron chi connectivity index (χ3n) is 2.39. The number of hydrogen-bond donors (Lipinski definition) is 1. The lowest BCUT2D eigenvalue weighted by molar-refractivity contribution is 0.739. The summed E-state index contributed by atoms with van der Waals surface area (Å²) in [6.07, 6.45) is 4.84. The highest BCUT2D eigenvalue weighted by Crippen LogP contribution is 2.13. The van der Waals surface area contributed by atoms with Crippen molar-refractivity contribution in [2.75, 3.05) is 0 Å². The van der Waals surface area contributed by atoms with Gasteiger partial charge in [0.25, 0.3) is 0 Å². The van der Waals surface area contributed by atoms with Gasteiger partial charge in [-0.1, -0.05) is 6.07 Å². The fourth-order valence-electron chi connectivity index (χ4n) is 1.73. The van der Waals surface area contributed by atoms with E-state index in [1.54, 1.807) is 0 Å². The Kier molecular flexibility index (Phi) is 2.25. The van der Waals surface area contributed by atoms with Crippen molar-refractivity contribution in [2.45, 2.75) is 26.3 Å². The molecule has 0 saturated heterocycles. The van der Waals surface area contributed by atoms with Gasteiger partial charge in [0.1, 0.15) is 5.82 Å². The molecule has 2 N–H and O–H groups in total. The van der Waals surface area contributed by atoms with Crippen molar-refractivity contribution in [1.82, 2.24) is 9.38 Å². The molecule has 0 spiro atoms. The van der Waals surface area contributed by atoms with Crippen LogP contribution in [0.15, 0.2) is 24.5 Å². The maximum absolute atomic E-state index is 5.79. The summed E-state index contributed by atoms with van der Waals surface area (Å²) in [5.41, 5.74) is 8.23. The van der Waals surface area contributed by atoms with Gasteiger partial charge in [0.2, 0.25) is 0 Å². The molecule has 0 fully saturated rings. The van der Waals surface area contributed by atoms with Crippen molar-refractivity contribution in [2.24, 2.45) is 5.73 Å². The summed E-state index contributed by atoms with van der Waals surface area (Å²) < 4.78 is 2.09. The molecular formula is C11H15N3. The summed E-state index contributed by atoms with van der Waals surface area (Å²) in [7, 11) is 0. The average Bonchev–Trinajstić information content (AvgIpc) is 2.49. The van der Waals surface area contributed by atoms with Crippen LogP contribution in [0.4, 0.5) is 0 Å². The van der Waals surface area contributed by atoms with Crippen LogP contribution in [0.5, 0.6) is 0 Å². The van der Waals surface area contributed by atoms with Gasteiger partial charge in [-0.25, -0.2) is 4.98 Å². The summed E-state index contributed by atoms with van der Waals surface area (Å²) >= 11 is 0. The van der Waals surface area contributed by atoms with E-state index in [1.807, 2.05) is 32.3 Å². The van der Waals surface area contributed by atoms with E-state index in [0.29, 0.717) is 0 Å². The molecule has 2 heterocycles. The first-order valence-corrected chi connectivity index (χ1v) is 4.85. The molecular weight excluding hydrogens is 174 g/mol. The Bertz CT molecular complexity index is 443. The molecule has 0 radical (unpaired) electrons. The number of aryl methyl sites for hydroxylation is 1. The predicted octanol–water partition coefficient (Wildman–Crippen LogP) is 1.53. The monoisotopic (exact) mass is 189 g/mol. The second-order valence-corrected chi connectivity index (χ2v) is 3.78. The van der Waals surface area contributed by atoms with Gasteiger partial charge in [0.15, 0.2) is 0 Å². The van der Waals surface area contributed by atoms with Crippen LogP contribution in [0.3, 0.4) is 0 Å². The number of rotatable bonds is 2. The molecule has 0 bridgehead atoms. The highest BCUT2D eigenvalue weighted by Gasteiger charge is 2.05. The number of aromatic nitrogens is 2. The van der Waals surface area contributed by atoms with E-state index < -0.39 is 0 Å². The topological polar surface area (TPSA) is 43.3 Å². The normalized spacial score (nSPS) is 13.4. The Morgan fingerprint density at radius 2 is 2.36 bits per heavy atom. The van der Waals surface area contributed by atoms with Gasteiger partial charge in [0.05, 0.1) is 11.7 Å². The van der Waals surface area contributed by atoms with Gasteiger partial charge in [0, 0.05) is 12.2 Å². The Morgan fingerprint density at radius 3 is 3.07 bits per heavy atom. The molecule has 14 heavy (non-hydrogen) atoms. The van der Waals surface area contributed by atoms with Crippen LogP contribution in [-0.4, -0.2) is 15.4 Å². The molecule has 1 atom stereocenters. The molecule has 3 nitrogen and oxygen atoms in total. The number of hydrogen-bond acceptors (Lipinski definition) is 2. The first-order chi connectivity index (χ1) is 6.68. The summed E-state index contributed by atoms with van der Waals surface area (Å²) in [5.74, 6) is 1.02. The molecule has 2 rings (SSSR count). The third kappa shape index (κ3) is 1.51. The molecule has 0 aliphatic rings. The van der Waals surface area contributed by atoms with E-state index in [2.05, 4.69) is 15.5 Å². The molecule has 0 aliphatic carbocycles. The zero-order chi connectivity index (χ0) is 10.1. The van der Waals surface area contributed by atoms with Crippen LogP contribution < -0.4 is 5.73 Å². The van der Waals surface area contributed by atoms with Crippen molar-refractivity contribution >= 4 is 5.52 Å². The van der Waals surface area contributed by atoms with E-state index in [-0.39, 0.29) is 6.04 Å². The minimum Gasteiger partial charge on any atom is -0.328 e. The number of nitrogens with two attached hydrogens (primary N) is 1. The standard InChI is InChI=1S/C11H15N3/c1-8(12)6-10-4-3-5-14-9(2)13-7-11(10)14/h3-5,7-8H,6,12H2,1-2H3. The summed E-state index contributed by atoms with van der Waals surface area (Å²) in [6, 6.07) is 4.34. The molecule has 2 aromatic heterocycles. The number of fused-ring (bicyclic) bond motifs is 1. The van der Waals surface area contributed by atoms with Crippen LogP contribution in [0.25, 0.3) is 5.52 Å². The predicted molar refractivity (Wildman–Crippen MR) is 57.3 cm³/mol. The molecule has 74 valence electrons. The van der Waals surface area contributed by atoms with E-state index in [1.165, 1.54) is 11.1 Å².